The zero-order chi connectivity index (χ0) is 15.8. The number of piperazine rings is 1. The third-order valence-corrected chi connectivity index (χ3v) is 6.74. The molecule has 1 saturated heterocycles. The van der Waals surface area contributed by atoms with Gasteiger partial charge in [0.15, 0.2) is 0 Å². The molecular weight excluding hydrogens is 382 g/mol. The summed E-state index contributed by atoms with van der Waals surface area (Å²) in [7, 11) is -3.13. The Bertz CT molecular complexity index is 651. The SMILES string of the molecule is Cc1c(CN2CCN(S(C)(=O)=O)CC2)sc(Br)c1[N+](=O)[O-]. The Morgan fingerprint density at radius 3 is 2.33 bits per heavy atom. The fraction of sp³-hybridized carbons (Fsp3) is 0.636. The number of nitro groups is 1. The summed E-state index contributed by atoms with van der Waals surface area (Å²) < 4.78 is 24.9. The van der Waals surface area contributed by atoms with E-state index in [2.05, 4.69) is 20.8 Å². The van der Waals surface area contributed by atoms with Crippen molar-refractivity contribution in [3.05, 3.63) is 24.3 Å². The molecule has 1 aromatic rings. The lowest BCUT2D eigenvalue weighted by molar-refractivity contribution is -0.385. The summed E-state index contributed by atoms with van der Waals surface area (Å²) in [6.07, 6.45) is 1.21. The van der Waals surface area contributed by atoms with E-state index >= 15 is 0 Å². The highest BCUT2D eigenvalue weighted by molar-refractivity contribution is 9.11. The first-order chi connectivity index (χ1) is 9.70. The first kappa shape index (κ1) is 16.8. The minimum absolute atomic E-state index is 0.129. The van der Waals surface area contributed by atoms with Gasteiger partial charge in [0.1, 0.15) is 3.79 Å². The lowest BCUT2D eigenvalue weighted by Crippen LogP contribution is -2.47. The molecule has 7 nitrogen and oxygen atoms in total. The second kappa shape index (κ2) is 6.29. The summed E-state index contributed by atoms with van der Waals surface area (Å²) in [5.74, 6) is 0. The van der Waals surface area contributed by atoms with Gasteiger partial charge in [0.25, 0.3) is 5.69 Å². The summed E-state index contributed by atoms with van der Waals surface area (Å²) in [6.45, 7) is 4.56. The van der Waals surface area contributed by atoms with Crippen LogP contribution in [-0.4, -0.2) is 55.0 Å². The van der Waals surface area contributed by atoms with Crippen molar-refractivity contribution in [1.82, 2.24) is 9.21 Å². The molecule has 0 saturated carbocycles. The average Bonchev–Trinajstić information content (AvgIpc) is 2.64. The summed E-state index contributed by atoms with van der Waals surface area (Å²) in [6, 6.07) is 0. The summed E-state index contributed by atoms with van der Waals surface area (Å²) in [5, 5.41) is 11.0. The van der Waals surface area contributed by atoms with Gasteiger partial charge >= 0.3 is 0 Å². The highest BCUT2D eigenvalue weighted by Crippen LogP contribution is 2.39. The van der Waals surface area contributed by atoms with Crippen molar-refractivity contribution in [2.75, 3.05) is 32.4 Å². The molecule has 1 aliphatic heterocycles. The molecule has 1 fully saturated rings. The van der Waals surface area contributed by atoms with E-state index < -0.39 is 10.0 Å². The zero-order valence-electron chi connectivity index (χ0n) is 11.7. The van der Waals surface area contributed by atoms with E-state index in [1.165, 1.54) is 21.9 Å². The second-order valence-electron chi connectivity index (χ2n) is 4.97. The van der Waals surface area contributed by atoms with Crippen LogP contribution in [0.2, 0.25) is 0 Å². The molecule has 118 valence electrons. The molecule has 21 heavy (non-hydrogen) atoms. The van der Waals surface area contributed by atoms with E-state index in [-0.39, 0.29) is 10.6 Å². The average molecular weight is 398 g/mol. The standard InChI is InChI=1S/C11H16BrN3O4S2/c1-8-9(20-11(12)10(8)15(16)17)7-13-3-5-14(6-4-13)21(2,18)19/h3-7H2,1-2H3. The van der Waals surface area contributed by atoms with E-state index in [9.17, 15) is 18.5 Å². The minimum Gasteiger partial charge on any atom is -0.296 e. The molecule has 0 atom stereocenters. The predicted molar refractivity (Wildman–Crippen MR) is 85.1 cm³/mol. The number of nitrogens with zero attached hydrogens (tertiary/aromatic N) is 3. The van der Waals surface area contributed by atoms with Crippen molar-refractivity contribution in [2.45, 2.75) is 13.5 Å². The van der Waals surface area contributed by atoms with Gasteiger partial charge in [-0.25, -0.2) is 8.42 Å². The van der Waals surface area contributed by atoms with Crippen LogP contribution in [0.4, 0.5) is 5.69 Å². The molecule has 1 aliphatic rings. The van der Waals surface area contributed by atoms with Gasteiger partial charge in [-0.2, -0.15) is 4.31 Å². The quantitative estimate of drug-likeness (QED) is 0.571. The molecule has 0 radical (unpaired) electrons. The van der Waals surface area contributed by atoms with E-state index in [4.69, 9.17) is 0 Å². The van der Waals surface area contributed by atoms with Gasteiger partial charge in [0.2, 0.25) is 10.0 Å². The van der Waals surface area contributed by atoms with Crippen molar-refractivity contribution in [2.24, 2.45) is 0 Å². The summed E-state index contributed by atoms with van der Waals surface area (Å²) in [4.78, 5) is 13.7. The van der Waals surface area contributed by atoms with Crippen molar-refractivity contribution >= 4 is 43.0 Å². The first-order valence-electron chi connectivity index (χ1n) is 6.29. The molecule has 0 aromatic carbocycles. The number of rotatable bonds is 4. The zero-order valence-corrected chi connectivity index (χ0v) is 14.9. The molecule has 0 spiro atoms. The van der Waals surface area contributed by atoms with E-state index in [0.717, 1.165) is 4.88 Å². The van der Waals surface area contributed by atoms with Gasteiger partial charge in [0.05, 0.1) is 11.2 Å². The first-order valence-corrected chi connectivity index (χ1v) is 9.75. The van der Waals surface area contributed by atoms with Crippen LogP contribution in [0.15, 0.2) is 3.79 Å². The van der Waals surface area contributed by atoms with Crippen molar-refractivity contribution in [1.29, 1.82) is 0 Å². The van der Waals surface area contributed by atoms with Crippen LogP contribution in [0.1, 0.15) is 10.4 Å². The van der Waals surface area contributed by atoms with Gasteiger partial charge < -0.3 is 0 Å². The van der Waals surface area contributed by atoms with Gasteiger partial charge in [-0.3, -0.25) is 15.0 Å². The Morgan fingerprint density at radius 1 is 1.33 bits per heavy atom. The van der Waals surface area contributed by atoms with Crippen LogP contribution in [0.25, 0.3) is 0 Å². The molecule has 0 aliphatic carbocycles. The molecule has 1 aromatic heterocycles. The van der Waals surface area contributed by atoms with Crippen molar-refractivity contribution < 1.29 is 13.3 Å². The third-order valence-electron chi connectivity index (χ3n) is 3.52. The number of halogens is 1. The predicted octanol–water partition coefficient (Wildman–Crippen LogP) is 1.80. The summed E-state index contributed by atoms with van der Waals surface area (Å²) >= 11 is 4.61. The Hall–Kier alpha value is -0.550. The largest absolute Gasteiger partial charge is 0.297 e. The van der Waals surface area contributed by atoms with E-state index in [1.807, 2.05) is 0 Å². The Labute approximate surface area is 135 Å². The van der Waals surface area contributed by atoms with Crippen LogP contribution < -0.4 is 0 Å². The molecule has 0 amide bonds. The highest BCUT2D eigenvalue weighted by Gasteiger charge is 2.27. The summed E-state index contributed by atoms with van der Waals surface area (Å²) in [5.41, 5.74) is 0.812. The molecule has 0 N–H and O–H groups in total. The van der Waals surface area contributed by atoms with E-state index in [1.54, 1.807) is 6.92 Å². The van der Waals surface area contributed by atoms with E-state index in [0.29, 0.717) is 42.1 Å². The third kappa shape index (κ3) is 3.81. The Balaban J connectivity index is 2.05. The normalized spacial score (nSPS) is 18.0. The lowest BCUT2D eigenvalue weighted by atomic mass is 10.2. The maximum atomic E-state index is 11.5. The van der Waals surface area contributed by atoms with Crippen LogP contribution in [0.5, 0.6) is 0 Å². The highest BCUT2D eigenvalue weighted by atomic mass is 79.9. The maximum absolute atomic E-state index is 11.5. The Morgan fingerprint density at radius 2 is 1.90 bits per heavy atom. The van der Waals surface area contributed by atoms with Crippen LogP contribution in [0.3, 0.4) is 0 Å². The fourth-order valence-corrected chi connectivity index (χ4v) is 5.19. The smallest absolute Gasteiger partial charge is 0.296 e. The number of hydrogen-bond donors (Lipinski definition) is 0. The monoisotopic (exact) mass is 397 g/mol. The molecule has 2 heterocycles. The lowest BCUT2D eigenvalue weighted by Gasteiger charge is -2.32. The maximum Gasteiger partial charge on any atom is 0.297 e. The van der Waals surface area contributed by atoms with Crippen LogP contribution in [-0.2, 0) is 16.6 Å². The molecular formula is C11H16BrN3O4S2. The molecule has 0 unspecified atom stereocenters. The number of hydrogen-bond acceptors (Lipinski definition) is 6. The van der Waals surface area contributed by atoms with Crippen molar-refractivity contribution in [3.63, 3.8) is 0 Å². The number of thiophene rings is 1. The van der Waals surface area contributed by atoms with Gasteiger partial charge in [-0.05, 0) is 22.9 Å². The topological polar surface area (TPSA) is 83.8 Å². The molecule has 2 rings (SSSR count). The van der Waals surface area contributed by atoms with Gasteiger partial charge in [0, 0.05) is 43.2 Å². The minimum atomic E-state index is -3.13. The van der Waals surface area contributed by atoms with Crippen LogP contribution in [0, 0.1) is 17.0 Å². The fourth-order valence-electron chi connectivity index (χ4n) is 2.29. The van der Waals surface area contributed by atoms with Gasteiger partial charge in [-0.1, -0.05) is 0 Å². The molecule has 0 bridgehead atoms. The Kier molecular flexibility index (Phi) is 5.03. The molecule has 10 heteroatoms. The number of sulfonamides is 1. The van der Waals surface area contributed by atoms with Gasteiger partial charge in [-0.15, -0.1) is 11.3 Å². The second-order valence-corrected chi connectivity index (χ2v) is 9.37. The van der Waals surface area contributed by atoms with Crippen molar-refractivity contribution in [3.8, 4) is 0 Å². The van der Waals surface area contributed by atoms with Crippen LogP contribution >= 0.6 is 27.3 Å².